The lowest BCUT2D eigenvalue weighted by molar-refractivity contribution is -0.121. The number of halogens is 1. The molecule has 2 amide bonds. The minimum atomic E-state index is -0.333. The van der Waals surface area contributed by atoms with Crippen LogP contribution in [-0.2, 0) is 17.8 Å². The fourth-order valence-corrected chi connectivity index (χ4v) is 3.65. The summed E-state index contributed by atoms with van der Waals surface area (Å²) in [6.45, 7) is 4.03. The largest absolute Gasteiger partial charge is 0.493 e. The van der Waals surface area contributed by atoms with E-state index in [1.54, 1.807) is 30.4 Å². The zero-order valence-electron chi connectivity index (χ0n) is 16.1. The quantitative estimate of drug-likeness (QED) is 0.482. The Morgan fingerprint density at radius 2 is 1.93 bits per heavy atom. The second-order valence-electron chi connectivity index (χ2n) is 6.36. The Morgan fingerprint density at radius 1 is 1.21 bits per heavy atom. The van der Waals surface area contributed by atoms with E-state index in [1.165, 1.54) is 26.3 Å². The van der Waals surface area contributed by atoms with Crippen molar-refractivity contribution >= 4 is 29.0 Å². The Labute approximate surface area is 172 Å². The van der Waals surface area contributed by atoms with E-state index in [1.807, 2.05) is 6.07 Å². The standard InChI is InChI=1S/C22H20FNO4S/c1-4-5-16-10-15(12-19-21(25)24(2)22(26)29-19)11-18(27-3)20(16)28-13-14-6-8-17(23)9-7-14/h4,6-12H,1,5,13H2,2-3H3/b19-12-. The molecular formula is C22H20FNO4S. The third kappa shape index (κ3) is 4.68. The van der Waals surface area contributed by atoms with Crippen molar-refractivity contribution in [1.29, 1.82) is 0 Å². The molecule has 0 bridgehead atoms. The van der Waals surface area contributed by atoms with Crippen molar-refractivity contribution in [3.05, 3.63) is 76.5 Å². The van der Waals surface area contributed by atoms with Gasteiger partial charge in [0.15, 0.2) is 11.5 Å². The molecule has 0 spiro atoms. The summed E-state index contributed by atoms with van der Waals surface area (Å²) in [4.78, 5) is 25.3. The monoisotopic (exact) mass is 413 g/mol. The van der Waals surface area contributed by atoms with Crippen LogP contribution in [0, 0.1) is 5.82 Å². The minimum absolute atomic E-state index is 0.245. The molecule has 1 saturated heterocycles. The number of hydrogen-bond acceptors (Lipinski definition) is 5. The number of thioether (sulfide) groups is 1. The Balaban J connectivity index is 1.92. The van der Waals surface area contributed by atoms with Crippen molar-refractivity contribution in [3.8, 4) is 11.5 Å². The third-order valence-electron chi connectivity index (χ3n) is 4.32. The molecule has 1 aliphatic heterocycles. The Morgan fingerprint density at radius 3 is 2.52 bits per heavy atom. The van der Waals surface area contributed by atoms with Crippen LogP contribution in [0.5, 0.6) is 11.5 Å². The van der Waals surface area contributed by atoms with Crippen molar-refractivity contribution in [2.75, 3.05) is 14.2 Å². The Hall–Kier alpha value is -3.06. The molecule has 1 heterocycles. The average molecular weight is 413 g/mol. The Kier molecular flexibility index (Phi) is 6.39. The lowest BCUT2D eigenvalue weighted by atomic mass is 10.0. The molecule has 2 aromatic rings. The highest BCUT2D eigenvalue weighted by molar-refractivity contribution is 8.18. The molecule has 0 N–H and O–H groups in total. The fraction of sp³-hybridized carbons (Fsp3) is 0.182. The first-order chi connectivity index (χ1) is 13.9. The van der Waals surface area contributed by atoms with Crippen LogP contribution in [0.25, 0.3) is 6.08 Å². The molecular weight excluding hydrogens is 393 g/mol. The van der Waals surface area contributed by atoms with Crippen LogP contribution in [0.4, 0.5) is 9.18 Å². The van der Waals surface area contributed by atoms with Gasteiger partial charge in [-0.25, -0.2) is 4.39 Å². The molecule has 1 aliphatic rings. The number of hydrogen-bond donors (Lipinski definition) is 0. The van der Waals surface area contributed by atoms with E-state index in [4.69, 9.17) is 9.47 Å². The van der Waals surface area contributed by atoms with Crippen LogP contribution in [0.3, 0.4) is 0 Å². The molecule has 0 atom stereocenters. The van der Waals surface area contributed by atoms with Crippen LogP contribution < -0.4 is 9.47 Å². The number of rotatable bonds is 7. The molecule has 3 rings (SSSR count). The maximum atomic E-state index is 13.1. The van der Waals surface area contributed by atoms with E-state index in [-0.39, 0.29) is 23.6 Å². The van der Waals surface area contributed by atoms with Crippen molar-refractivity contribution in [3.63, 3.8) is 0 Å². The highest BCUT2D eigenvalue weighted by Crippen LogP contribution is 2.37. The number of imide groups is 1. The molecule has 29 heavy (non-hydrogen) atoms. The van der Waals surface area contributed by atoms with Gasteiger partial charge in [-0.3, -0.25) is 14.5 Å². The molecule has 0 saturated carbocycles. The maximum absolute atomic E-state index is 13.1. The van der Waals surface area contributed by atoms with E-state index < -0.39 is 0 Å². The first-order valence-corrected chi connectivity index (χ1v) is 9.65. The number of methoxy groups -OCH3 is 1. The smallest absolute Gasteiger partial charge is 0.293 e. The summed E-state index contributed by atoms with van der Waals surface area (Å²) in [5.74, 6) is 0.409. The van der Waals surface area contributed by atoms with Gasteiger partial charge in [-0.15, -0.1) is 6.58 Å². The number of benzene rings is 2. The van der Waals surface area contributed by atoms with E-state index >= 15 is 0 Å². The first kappa shape index (κ1) is 20.7. The van der Waals surface area contributed by atoms with Crippen molar-refractivity contribution < 1.29 is 23.5 Å². The average Bonchev–Trinajstić information content (AvgIpc) is 2.95. The summed E-state index contributed by atoms with van der Waals surface area (Å²) in [7, 11) is 2.98. The summed E-state index contributed by atoms with van der Waals surface area (Å²) in [5.41, 5.74) is 2.36. The SMILES string of the molecule is C=CCc1cc(/C=C2\SC(=O)N(C)C2=O)cc(OC)c1OCc1ccc(F)cc1. The second-order valence-corrected chi connectivity index (χ2v) is 7.35. The minimum Gasteiger partial charge on any atom is -0.493 e. The molecule has 7 heteroatoms. The van der Waals surface area contributed by atoms with E-state index in [2.05, 4.69) is 6.58 Å². The number of carbonyl (C=O) groups is 2. The molecule has 0 aromatic heterocycles. The van der Waals surface area contributed by atoms with Gasteiger partial charge in [0.25, 0.3) is 11.1 Å². The van der Waals surface area contributed by atoms with Gasteiger partial charge < -0.3 is 9.47 Å². The predicted octanol–water partition coefficient (Wildman–Crippen LogP) is 4.81. The molecule has 5 nitrogen and oxygen atoms in total. The normalized spacial score (nSPS) is 15.1. The number of nitrogens with zero attached hydrogens (tertiary/aromatic N) is 1. The molecule has 0 radical (unpaired) electrons. The van der Waals surface area contributed by atoms with Crippen LogP contribution in [0.2, 0.25) is 0 Å². The van der Waals surface area contributed by atoms with E-state index in [0.717, 1.165) is 27.8 Å². The molecule has 1 fully saturated rings. The first-order valence-electron chi connectivity index (χ1n) is 8.83. The molecule has 2 aromatic carbocycles. The van der Waals surface area contributed by atoms with E-state index in [0.29, 0.717) is 28.4 Å². The van der Waals surface area contributed by atoms with Gasteiger partial charge in [0.2, 0.25) is 0 Å². The highest BCUT2D eigenvalue weighted by atomic mass is 32.2. The lowest BCUT2D eigenvalue weighted by Gasteiger charge is -2.16. The topological polar surface area (TPSA) is 55.8 Å². The van der Waals surface area contributed by atoms with Crippen LogP contribution >= 0.6 is 11.8 Å². The summed E-state index contributed by atoms with van der Waals surface area (Å²) in [5, 5.41) is -0.307. The van der Waals surface area contributed by atoms with Gasteiger partial charge in [-0.2, -0.15) is 0 Å². The van der Waals surface area contributed by atoms with Gasteiger partial charge in [0, 0.05) is 12.6 Å². The summed E-state index contributed by atoms with van der Waals surface area (Å²) >= 11 is 0.898. The van der Waals surface area contributed by atoms with Gasteiger partial charge in [-0.1, -0.05) is 18.2 Å². The number of ether oxygens (including phenoxy) is 2. The van der Waals surface area contributed by atoms with Crippen molar-refractivity contribution in [1.82, 2.24) is 4.90 Å². The van der Waals surface area contributed by atoms with Gasteiger partial charge in [0.05, 0.1) is 12.0 Å². The number of amides is 2. The van der Waals surface area contributed by atoms with Crippen LogP contribution in [0.15, 0.2) is 54.0 Å². The summed E-state index contributed by atoms with van der Waals surface area (Å²) in [6, 6.07) is 9.69. The number of carbonyl (C=O) groups excluding carboxylic acids is 2. The number of allylic oxidation sites excluding steroid dienone is 1. The molecule has 150 valence electrons. The predicted molar refractivity (Wildman–Crippen MR) is 111 cm³/mol. The van der Waals surface area contributed by atoms with E-state index in [9.17, 15) is 14.0 Å². The van der Waals surface area contributed by atoms with Crippen molar-refractivity contribution in [2.45, 2.75) is 13.0 Å². The third-order valence-corrected chi connectivity index (χ3v) is 5.28. The molecule has 0 unspecified atom stereocenters. The zero-order chi connectivity index (χ0) is 21.0. The number of likely N-dealkylation sites (N-methyl/N-ethyl adjacent to an activating group) is 1. The van der Waals surface area contributed by atoms with Gasteiger partial charge in [-0.05, 0) is 59.7 Å². The maximum Gasteiger partial charge on any atom is 0.293 e. The van der Waals surface area contributed by atoms with Crippen LogP contribution in [-0.4, -0.2) is 30.2 Å². The lowest BCUT2D eigenvalue weighted by Crippen LogP contribution is -2.22. The van der Waals surface area contributed by atoms with Crippen molar-refractivity contribution in [2.24, 2.45) is 0 Å². The van der Waals surface area contributed by atoms with Gasteiger partial charge in [0.1, 0.15) is 12.4 Å². The Bertz CT molecular complexity index is 985. The molecule has 0 aliphatic carbocycles. The second kappa shape index (κ2) is 8.96. The highest BCUT2D eigenvalue weighted by Gasteiger charge is 2.31. The summed E-state index contributed by atoms with van der Waals surface area (Å²) < 4.78 is 24.6. The zero-order valence-corrected chi connectivity index (χ0v) is 16.9. The van der Waals surface area contributed by atoms with Crippen LogP contribution in [0.1, 0.15) is 16.7 Å². The fourth-order valence-electron chi connectivity index (χ4n) is 2.82. The summed E-state index contributed by atoms with van der Waals surface area (Å²) in [6.07, 6.45) is 3.92. The van der Waals surface area contributed by atoms with Gasteiger partial charge >= 0.3 is 0 Å².